The van der Waals surface area contributed by atoms with E-state index in [1.807, 2.05) is 6.21 Å². The van der Waals surface area contributed by atoms with Gasteiger partial charge in [0.05, 0.1) is 17.6 Å². The zero-order chi connectivity index (χ0) is 23.2. The van der Waals surface area contributed by atoms with E-state index in [0.29, 0.717) is 0 Å². The van der Waals surface area contributed by atoms with Gasteiger partial charge in [0.15, 0.2) is 0 Å². The zero-order valence-electron chi connectivity index (χ0n) is 19.1. The second-order valence-electron chi connectivity index (χ2n) is 8.94. The van der Waals surface area contributed by atoms with Gasteiger partial charge in [-0.2, -0.15) is 0 Å². The van der Waals surface area contributed by atoms with Crippen LogP contribution in [0.15, 0.2) is 126 Å². The summed E-state index contributed by atoms with van der Waals surface area (Å²) in [5.41, 5.74) is 4.26. The van der Waals surface area contributed by atoms with Crippen LogP contribution in [0.1, 0.15) is 5.69 Å². The molecule has 0 bridgehead atoms. The molecule has 0 aliphatic heterocycles. The molecule has 6 aromatic carbocycles. The molecule has 0 saturated carbocycles. The van der Waals surface area contributed by atoms with Crippen molar-refractivity contribution in [3.8, 4) is 11.3 Å². The van der Waals surface area contributed by atoms with Crippen LogP contribution in [0.2, 0.25) is 0 Å². The van der Waals surface area contributed by atoms with E-state index in [-0.39, 0.29) is 0 Å². The number of nitrogens with zero attached hydrogens (tertiary/aromatic N) is 1. The minimum absolute atomic E-state index is 0.978. The van der Waals surface area contributed by atoms with Gasteiger partial charge in [-0.25, -0.2) is 0 Å². The summed E-state index contributed by atoms with van der Waals surface area (Å²) in [7, 11) is 0. The number of aromatic nitrogens is 1. The van der Waals surface area contributed by atoms with Crippen LogP contribution in [0, 0.1) is 0 Å². The molecular formula is C33H22N2. The number of aliphatic imine (C=N–C) groups is 1. The molecule has 0 saturated heterocycles. The Hall–Kier alpha value is -4.69. The molecule has 7 aromatic rings. The van der Waals surface area contributed by atoms with Crippen LogP contribution < -0.4 is 0 Å². The Morgan fingerprint density at radius 3 is 1.74 bits per heavy atom. The first-order valence-electron chi connectivity index (χ1n) is 11.9. The van der Waals surface area contributed by atoms with Crippen LogP contribution in [0.25, 0.3) is 54.3 Å². The Balaban J connectivity index is 1.33. The molecular weight excluding hydrogens is 424 g/mol. The largest absolute Gasteiger partial charge is 0.354 e. The highest BCUT2D eigenvalue weighted by atomic mass is 14.8. The van der Waals surface area contributed by atoms with Crippen molar-refractivity contribution >= 4 is 55.0 Å². The molecule has 0 atom stereocenters. The van der Waals surface area contributed by atoms with E-state index in [4.69, 9.17) is 4.99 Å². The number of benzene rings is 6. The molecule has 2 heteroatoms. The maximum Gasteiger partial charge on any atom is 0.0715 e. The van der Waals surface area contributed by atoms with Crippen LogP contribution in [0.4, 0.5) is 5.69 Å². The molecule has 1 N–H and O–H groups in total. The normalized spacial score (nSPS) is 11.9. The summed E-state index contributed by atoms with van der Waals surface area (Å²) >= 11 is 0. The lowest BCUT2D eigenvalue weighted by Gasteiger charge is -2.09. The third kappa shape index (κ3) is 3.31. The molecule has 0 unspecified atom stereocenters. The van der Waals surface area contributed by atoms with Gasteiger partial charge >= 0.3 is 0 Å². The van der Waals surface area contributed by atoms with E-state index in [1.165, 1.54) is 43.3 Å². The van der Waals surface area contributed by atoms with E-state index in [0.717, 1.165) is 22.5 Å². The first-order valence-corrected chi connectivity index (χ1v) is 11.9. The highest BCUT2D eigenvalue weighted by Gasteiger charge is 2.10. The minimum Gasteiger partial charge on any atom is -0.354 e. The second kappa shape index (κ2) is 7.96. The lowest BCUT2D eigenvalue weighted by Crippen LogP contribution is -1.86. The van der Waals surface area contributed by atoms with Gasteiger partial charge in [0.1, 0.15) is 0 Å². The van der Waals surface area contributed by atoms with Crippen molar-refractivity contribution in [2.45, 2.75) is 0 Å². The van der Waals surface area contributed by atoms with Crippen LogP contribution in [0.3, 0.4) is 0 Å². The molecule has 164 valence electrons. The van der Waals surface area contributed by atoms with Gasteiger partial charge in [-0.15, -0.1) is 0 Å². The standard InChI is InChI=1S/C33H22N2/c1-3-11-25-22(9-1)19-31(29-15-6-5-13-27(25)29)32-18-17-24(35-32)21-34-33-20-23-10-2-4-12-26(23)28-14-7-8-16-30(28)33/h1-21,35H/b34-21+. The Morgan fingerprint density at radius 1 is 0.486 bits per heavy atom. The van der Waals surface area contributed by atoms with Crippen molar-refractivity contribution in [2.24, 2.45) is 4.99 Å². The van der Waals surface area contributed by atoms with Crippen LogP contribution in [-0.2, 0) is 0 Å². The predicted octanol–water partition coefficient (Wildman–Crippen LogP) is 9.05. The number of fused-ring (bicyclic) bond motifs is 6. The van der Waals surface area contributed by atoms with Gasteiger partial charge in [0.2, 0.25) is 0 Å². The Labute approximate surface area is 203 Å². The van der Waals surface area contributed by atoms with Gasteiger partial charge in [-0.05, 0) is 62.0 Å². The van der Waals surface area contributed by atoms with E-state index in [9.17, 15) is 0 Å². The molecule has 0 spiro atoms. The van der Waals surface area contributed by atoms with E-state index in [2.05, 4.69) is 126 Å². The summed E-state index contributed by atoms with van der Waals surface area (Å²) < 4.78 is 0. The van der Waals surface area contributed by atoms with Gasteiger partial charge in [0, 0.05) is 16.6 Å². The van der Waals surface area contributed by atoms with Crippen molar-refractivity contribution in [3.63, 3.8) is 0 Å². The van der Waals surface area contributed by atoms with E-state index < -0.39 is 0 Å². The number of hydrogen-bond donors (Lipinski definition) is 1. The first-order chi connectivity index (χ1) is 17.3. The zero-order valence-corrected chi connectivity index (χ0v) is 19.1. The SMILES string of the molecule is C(=N\c1cc2ccccc2c2ccccc12)/c1ccc(-c2cc3ccccc3c3ccccc23)[nH]1. The summed E-state index contributed by atoms with van der Waals surface area (Å²) in [6.07, 6.45) is 1.93. The maximum atomic E-state index is 4.92. The van der Waals surface area contributed by atoms with Gasteiger partial charge in [0.25, 0.3) is 0 Å². The molecule has 0 fully saturated rings. The molecule has 0 radical (unpaired) electrons. The van der Waals surface area contributed by atoms with Crippen molar-refractivity contribution in [1.29, 1.82) is 0 Å². The average molecular weight is 447 g/mol. The van der Waals surface area contributed by atoms with Crippen molar-refractivity contribution in [2.75, 3.05) is 0 Å². The van der Waals surface area contributed by atoms with Crippen molar-refractivity contribution in [3.05, 3.63) is 127 Å². The summed E-state index contributed by atoms with van der Waals surface area (Å²) in [6, 6.07) is 42.9. The smallest absolute Gasteiger partial charge is 0.0715 e. The molecule has 0 aliphatic carbocycles. The van der Waals surface area contributed by atoms with E-state index >= 15 is 0 Å². The fourth-order valence-corrected chi connectivity index (χ4v) is 5.20. The Bertz CT molecular complexity index is 1910. The number of nitrogens with one attached hydrogen (secondary N) is 1. The fourth-order valence-electron chi connectivity index (χ4n) is 5.20. The summed E-state index contributed by atoms with van der Waals surface area (Å²) in [4.78, 5) is 8.51. The quantitative estimate of drug-likeness (QED) is 0.207. The number of aromatic amines is 1. The van der Waals surface area contributed by atoms with Crippen molar-refractivity contribution in [1.82, 2.24) is 4.98 Å². The van der Waals surface area contributed by atoms with Crippen LogP contribution >= 0.6 is 0 Å². The first kappa shape index (κ1) is 19.7. The molecule has 7 rings (SSSR count). The van der Waals surface area contributed by atoms with Gasteiger partial charge < -0.3 is 4.98 Å². The molecule has 1 aromatic heterocycles. The highest BCUT2D eigenvalue weighted by Crippen LogP contribution is 2.35. The summed E-state index contributed by atoms with van der Waals surface area (Å²) in [5, 5.41) is 9.89. The second-order valence-corrected chi connectivity index (χ2v) is 8.94. The third-order valence-electron chi connectivity index (χ3n) is 6.86. The van der Waals surface area contributed by atoms with Crippen LogP contribution in [0.5, 0.6) is 0 Å². The lowest BCUT2D eigenvalue weighted by atomic mass is 9.96. The number of H-pyrrole nitrogens is 1. The molecule has 0 aliphatic rings. The minimum atomic E-state index is 0.978. The van der Waals surface area contributed by atoms with Gasteiger partial charge in [-0.1, -0.05) is 97.1 Å². The highest BCUT2D eigenvalue weighted by molar-refractivity contribution is 6.14. The fraction of sp³-hybridized carbons (Fsp3) is 0. The number of rotatable bonds is 3. The molecule has 35 heavy (non-hydrogen) atoms. The maximum absolute atomic E-state index is 4.92. The van der Waals surface area contributed by atoms with Crippen LogP contribution in [-0.4, -0.2) is 11.2 Å². The monoisotopic (exact) mass is 446 g/mol. The molecule has 2 nitrogen and oxygen atoms in total. The average Bonchev–Trinajstić information content (AvgIpc) is 3.40. The van der Waals surface area contributed by atoms with Gasteiger partial charge in [-0.3, -0.25) is 4.99 Å². The topological polar surface area (TPSA) is 28.1 Å². The van der Waals surface area contributed by atoms with Crippen molar-refractivity contribution < 1.29 is 0 Å². The Kier molecular flexibility index (Phi) is 4.49. The third-order valence-corrected chi connectivity index (χ3v) is 6.86. The Morgan fingerprint density at radius 2 is 1.03 bits per heavy atom. The lowest BCUT2D eigenvalue weighted by molar-refractivity contribution is 1.38. The summed E-state index contributed by atoms with van der Waals surface area (Å²) in [6.45, 7) is 0. The molecule has 1 heterocycles. The number of hydrogen-bond acceptors (Lipinski definition) is 1. The predicted molar refractivity (Wildman–Crippen MR) is 150 cm³/mol. The van der Waals surface area contributed by atoms with E-state index in [1.54, 1.807) is 0 Å². The molecule has 0 amide bonds. The summed E-state index contributed by atoms with van der Waals surface area (Å²) in [5.74, 6) is 0.